The summed E-state index contributed by atoms with van der Waals surface area (Å²) >= 11 is 0. The first-order valence-corrected chi connectivity index (χ1v) is 14.9. The summed E-state index contributed by atoms with van der Waals surface area (Å²) in [5.74, 6) is -2.36. The van der Waals surface area contributed by atoms with E-state index in [2.05, 4.69) is 15.5 Å². The van der Waals surface area contributed by atoms with Crippen LogP contribution < -0.4 is 15.5 Å². The van der Waals surface area contributed by atoms with Crippen LogP contribution in [0.4, 0.5) is 33.7 Å². The Morgan fingerprint density at radius 1 is 0.907 bits per heavy atom. The minimum atomic E-state index is -4.96. The molecular formula is C31H37F4N5O3. The zero-order valence-corrected chi connectivity index (χ0v) is 24.0. The molecule has 2 aromatic rings. The number of urea groups is 1. The van der Waals surface area contributed by atoms with Gasteiger partial charge in [-0.15, -0.1) is 0 Å². The average molecular weight is 604 g/mol. The molecule has 3 fully saturated rings. The molecule has 0 spiro atoms. The Kier molecular flexibility index (Phi) is 9.53. The number of amides is 4. The molecule has 0 unspecified atom stereocenters. The van der Waals surface area contributed by atoms with Gasteiger partial charge in [0.2, 0.25) is 0 Å². The van der Waals surface area contributed by atoms with Crippen LogP contribution in [0.3, 0.4) is 0 Å². The van der Waals surface area contributed by atoms with Crippen molar-refractivity contribution in [3.8, 4) is 0 Å². The fraction of sp³-hybridized carbons (Fsp3) is 0.516. The highest BCUT2D eigenvalue weighted by Crippen LogP contribution is 2.32. The summed E-state index contributed by atoms with van der Waals surface area (Å²) in [4.78, 5) is 42.1. The number of halogens is 4. The molecule has 4 amide bonds. The predicted molar refractivity (Wildman–Crippen MR) is 154 cm³/mol. The molecule has 2 aliphatic carbocycles. The molecule has 1 heterocycles. The van der Waals surface area contributed by atoms with Crippen LogP contribution in [0.25, 0.3) is 0 Å². The van der Waals surface area contributed by atoms with E-state index in [1.54, 1.807) is 23.1 Å². The van der Waals surface area contributed by atoms with Gasteiger partial charge in [-0.1, -0.05) is 31.4 Å². The number of alkyl halides is 3. The molecule has 5 rings (SSSR count). The summed E-state index contributed by atoms with van der Waals surface area (Å²) in [5, 5.41) is 5.18. The Labute approximate surface area is 248 Å². The maximum absolute atomic E-state index is 14.7. The van der Waals surface area contributed by atoms with Gasteiger partial charge in [-0.25, -0.2) is 9.18 Å². The lowest BCUT2D eigenvalue weighted by atomic mass is 9.93. The number of carbonyl (C=O) groups is 3. The molecule has 1 saturated heterocycles. The molecular weight excluding hydrogens is 566 g/mol. The van der Waals surface area contributed by atoms with Crippen LogP contribution in [0.5, 0.6) is 0 Å². The molecule has 0 radical (unpaired) electrons. The molecule has 2 aromatic carbocycles. The quantitative estimate of drug-likeness (QED) is 0.388. The van der Waals surface area contributed by atoms with Gasteiger partial charge in [0.05, 0.1) is 5.69 Å². The Balaban J connectivity index is 1.16. The number of hydrogen-bond donors (Lipinski definition) is 2. The van der Waals surface area contributed by atoms with Crippen LogP contribution in [-0.4, -0.2) is 72.6 Å². The van der Waals surface area contributed by atoms with Crippen molar-refractivity contribution in [1.29, 1.82) is 0 Å². The van der Waals surface area contributed by atoms with Gasteiger partial charge in [0.25, 0.3) is 5.91 Å². The van der Waals surface area contributed by atoms with Crippen molar-refractivity contribution in [1.82, 2.24) is 15.1 Å². The summed E-state index contributed by atoms with van der Waals surface area (Å²) in [5.41, 5.74) is 1.20. The van der Waals surface area contributed by atoms with Crippen LogP contribution >= 0.6 is 0 Å². The SMILES string of the molecule is O=C(NCC1CC1)Nc1ccc(C(=O)N2CCN(Cc3cccc(N(C(=O)C(F)(F)F)C4CCCCC4)c3)CC2)cc1F. The monoisotopic (exact) mass is 603 g/mol. The van der Waals surface area contributed by atoms with E-state index in [-0.39, 0.29) is 22.8 Å². The zero-order chi connectivity index (χ0) is 30.6. The molecule has 0 atom stereocenters. The number of nitrogens with one attached hydrogen (secondary N) is 2. The minimum Gasteiger partial charge on any atom is -0.338 e. The topological polar surface area (TPSA) is 85.0 Å². The molecule has 12 heteroatoms. The highest BCUT2D eigenvalue weighted by atomic mass is 19.4. The molecule has 43 heavy (non-hydrogen) atoms. The lowest BCUT2D eigenvalue weighted by Gasteiger charge is -2.36. The average Bonchev–Trinajstić information content (AvgIpc) is 3.82. The first kappa shape index (κ1) is 30.8. The van der Waals surface area contributed by atoms with Crippen molar-refractivity contribution >= 4 is 29.2 Å². The van der Waals surface area contributed by atoms with E-state index in [9.17, 15) is 31.9 Å². The van der Waals surface area contributed by atoms with E-state index in [0.717, 1.165) is 48.6 Å². The van der Waals surface area contributed by atoms with Gasteiger partial charge in [-0.05, 0) is 67.5 Å². The number of carbonyl (C=O) groups excluding carboxylic acids is 3. The third kappa shape index (κ3) is 8.04. The van der Waals surface area contributed by atoms with Crippen molar-refractivity contribution in [2.24, 2.45) is 5.92 Å². The predicted octanol–water partition coefficient (Wildman–Crippen LogP) is 5.54. The van der Waals surface area contributed by atoms with E-state index in [1.807, 2.05) is 6.07 Å². The summed E-state index contributed by atoms with van der Waals surface area (Å²) < 4.78 is 55.2. The van der Waals surface area contributed by atoms with Crippen molar-refractivity contribution < 1.29 is 31.9 Å². The molecule has 8 nitrogen and oxygen atoms in total. The molecule has 1 aliphatic heterocycles. The number of hydrogen-bond acceptors (Lipinski definition) is 4. The third-order valence-corrected chi connectivity index (χ3v) is 8.37. The third-order valence-electron chi connectivity index (χ3n) is 8.37. The maximum atomic E-state index is 14.7. The molecule has 0 bridgehead atoms. The standard InChI is InChI=1S/C31H37F4N5O3/c32-26-18-23(11-12-27(26)37-30(43)36-19-21-9-10-21)28(41)39-15-13-38(14-16-39)20-22-5-4-8-25(17-22)40(29(42)31(33,34)35)24-6-2-1-3-7-24/h4-5,8,11-12,17-18,21,24H,1-3,6-7,9-10,13-16,19-20H2,(H2,36,37,43). The number of piperazine rings is 1. The van der Waals surface area contributed by atoms with E-state index in [1.165, 1.54) is 12.1 Å². The van der Waals surface area contributed by atoms with Gasteiger partial charge < -0.3 is 20.4 Å². The van der Waals surface area contributed by atoms with E-state index < -0.39 is 30.0 Å². The number of benzene rings is 2. The smallest absolute Gasteiger partial charge is 0.338 e. The van der Waals surface area contributed by atoms with Crippen LogP contribution in [0.2, 0.25) is 0 Å². The maximum Gasteiger partial charge on any atom is 0.471 e. The Morgan fingerprint density at radius 3 is 2.28 bits per heavy atom. The fourth-order valence-electron chi connectivity index (χ4n) is 5.80. The lowest BCUT2D eigenvalue weighted by molar-refractivity contribution is -0.171. The molecule has 0 aromatic heterocycles. The Morgan fingerprint density at radius 2 is 1.63 bits per heavy atom. The fourth-order valence-corrected chi connectivity index (χ4v) is 5.80. The Hall–Kier alpha value is -3.67. The molecule has 3 aliphatic rings. The van der Waals surface area contributed by atoms with Crippen LogP contribution in [0.15, 0.2) is 42.5 Å². The van der Waals surface area contributed by atoms with Crippen molar-refractivity contribution in [2.45, 2.75) is 63.7 Å². The summed E-state index contributed by atoms with van der Waals surface area (Å²) in [7, 11) is 0. The van der Waals surface area contributed by atoms with Crippen LogP contribution in [-0.2, 0) is 11.3 Å². The largest absolute Gasteiger partial charge is 0.471 e. The minimum absolute atomic E-state index is 0.00381. The second-order valence-corrected chi connectivity index (χ2v) is 11.7. The van der Waals surface area contributed by atoms with Gasteiger partial charge in [-0.2, -0.15) is 13.2 Å². The molecule has 232 valence electrons. The highest BCUT2D eigenvalue weighted by Gasteiger charge is 2.45. The second-order valence-electron chi connectivity index (χ2n) is 11.7. The summed E-state index contributed by atoms with van der Waals surface area (Å²) in [6.07, 6.45) is 0.830. The van der Waals surface area contributed by atoms with Gasteiger partial charge in [0, 0.05) is 56.6 Å². The summed E-state index contributed by atoms with van der Waals surface area (Å²) in [6, 6.07) is 9.72. The second kappa shape index (κ2) is 13.3. The van der Waals surface area contributed by atoms with Crippen molar-refractivity contribution in [2.75, 3.05) is 42.9 Å². The molecule has 2 saturated carbocycles. The van der Waals surface area contributed by atoms with E-state index in [0.29, 0.717) is 58.0 Å². The first-order chi connectivity index (χ1) is 20.6. The lowest BCUT2D eigenvalue weighted by Crippen LogP contribution is -2.48. The van der Waals surface area contributed by atoms with Gasteiger partial charge >= 0.3 is 18.1 Å². The van der Waals surface area contributed by atoms with Crippen LogP contribution in [0, 0.1) is 11.7 Å². The van der Waals surface area contributed by atoms with E-state index in [4.69, 9.17) is 0 Å². The summed E-state index contributed by atoms with van der Waals surface area (Å²) in [6.45, 7) is 2.83. The highest BCUT2D eigenvalue weighted by molar-refractivity contribution is 5.98. The molecule has 2 N–H and O–H groups in total. The Bertz CT molecular complexity index is 1320. The van der Waals surface area contributed by atoms with Crippen LogP contribution in [0.1, 0.15) is 60.9 Å². The van der Waals surface area contributed by atoms with Crippen molar-refractivity contribution in [3.05, 3.63) is 59.4 Å². The zero-order valence-electron chi connectivity index (χ0n) is 24.0. The number of anilines is 2. The van der Waals surface area contributed by atoms with Gasteiger partial charge in [0.15, 0.2) is 0 Å². The number of rotatable bonds is 8. The van der Waals surface area contributed by atoms with Gasteiger partial charge in [-0.3, -0.25) is 14.5 Å². The van der Waals surface area contributed by atoms with E-state index >= 15 is 0 Å². The van der Waals surface area contributed by atoms with Crippen molar-refractivity contribution in [3.63, 3.8) is 0 Å². The number of nitrogens with zero attached hydrogens (tertiary/aromatic N) is 3. The van der Waals surface area contributed by atoms with Gasteiger partial charge in [0.1, 0.15) is 5.82 Å². The first-order valence-electron chi connectivity index (χ1n) is 14.9. The normalized spacial score (nSPS) is 18.3.